The van der Waals surface area contributed by atoms with E-state index in [2.05, 4.69) is 46.8 Å². The van der Waals surface area contributed by atoms with Gasteiger partial charge >= 0.3 is 0 Å². The number of rotatable bonds is 1. The molecule has 0 saturated heterocycles. The molecule has 1 saturated carbocycles. The summed E-state index contributed by atoms with van der Waals surface area (Å²) in [5, 5.41) is 0. The zero-order valence-corrected chi connectivity index (χ0v) is 14.1. The highest BCUT2D eigenvalue weighted by atomic mass is 14.5. The first-order valence-electron chi connectivity index (χ1n) is 8.82. The predicted molar refractivity (Wildman–Crippen MR) is 87.5 cm³/mol. The molecular formula is C20H32. The Hall–Kier alpha value is -0.520. The molecule has 0 aromatic rings. The van der Waals surface area contributed by atoms with Gasteiger partial charge < -0.3 is 0 Å². The molecule has 0 heteroatoms. The first-order chi connectivity index (χ1) is 9.41. The first kappa shape index (κ1) is 14.4. The van der Waals surface area contributed by atoms with Crippen molar-refractivity contribution >= 4 is 0 Å². The van der Waals surface area contributed by atoms with E-state index in [9.17, 15) is 0 Å². The molecule has 3 aliphatic carbocycles. The van der Waals surface area contributed by atoms with Crippen molar-refractivity contribution in [2.45, 2.75) is 66.7 Å². The van der Waals surface area contributed by atoms with Crippen molar-refractivity contribution in [3.05, 3.63) is 23.3 Å². The van der Waals surface area contributed by atoms with Gasteiger partial charge in [-0.1, -0.05) is 52.3 Å². The highest BCUT2D eigenvalue weighted by Crippen LogP contribution is 2.59. The number of hydrogen-bond donors (Lipinski definition) is 0. The molecule has 0 aromatic carbocycles. The van der Waals surface area contributed by atoms with E-state index in [1.54, 1.807) is 11.1 Å². The van der Waals surface area contributed by atoms with Crippen LogP contribution in [0, 0.1) is 35.0 Å². The van der Waals surface area contributed by atoms with Gasteiger partial charge in [0, 0.05) is 0 Å². The van der Waals surface area contributed by atoms with E-state index in [4.69, 9.17) is 0 Å². The summed E-state index contributed by atoms with van der Waals surface area (Å²) in [6.07, 6.45) is 12.2. The molecule has 1 unspecified atom stereocenters. The Morgan fingerprint density at radius 3 is 2.70 bits per heavy atom. The van der Waals surface area contributed by atoms with Crippen LogP contribution in [0.25, 0.3) is 0 Å². The summed E-state index contributed by atoms with van der Waals surface area (Å²) in [5.74, 6) is 4.33. The van der Waals surface area contributed by atoms with Crippen LogP contribution in [-0.2, 0) is 0 Å². The van der Waals surface area contributed by atoms with Crippen molar-refractivity contribution in [3.63, 3.8) is 0 Å². The van der Waals surface area contributed by atoms with E-state index in [0.29, 0.717) is 5.41 Å². The Labute approximate surface area is 125 Å². The third-order valence-corrected chi connectivity index (χ3v) is 6.72. The lowest BCUT2D eigenvalue weighted by molar-refractivity contribution is -0.0132. The van der Waals surface area contributed by atoms with Gasteiger partial charge in [0.1, 0.15) is 0 Å². The number of allylic oxidation sites excluding steroid dienone is 4. The normalized spacial score (nSPS) is 44.5. The fraction of sp³-hybridized carbons (Fsp3) is 0.800. The molecule has 0 N–H and O–H groups in total. The minimum Gasteiger partial charge on any atom is -0.0807 e. The molecule has 0 heterocycles. The summed E-state index contributed by atoms with van der Waals surface area (Å²) < 4.78 is 0. The van der Waals surface area contributed by atoms with Crippen molar-refractivity contribution in [1.29, 1.82) is 0 Å². The molecule has 112 valence electrons. The van der Waals surface area contributed by atoms with E-state index in [-0.39, 0.29) is 0 Å². The second-order valence-corrected chi connectivity index (χ2v) is 8.54. The summed E-state index contributed by atoms with van der Waals surface area (Å²) >= 11 is 0. The molecule has 1 fully saturated rings. The minimum absolute atomic E-state index is 0.570. The van der Waals surface area contributed by atoms with Gasteiger partial charge in [-0.2, -0.15) is 0 Å². The Bertz CT molecular complexity index is 439. The highest BCUT2D eigenvalue weighted by Gasteiger charge is 2.50. The molecule has 0 aromatic heterocycles. The van der Waals surface area contributed by atoms with E-state index >= 15 is 0 Å². The molecule has 5 atom stereocenters. The molecule has 0 spiro atoms. The van der Waals surface area contributed by atoms with Gasteiger partial charge in [0.25, 0.3) is 0 Å². The number of hydrogen-bond acceptors (Lipinski definition) is 0. The van der Waals surface area contributed by atoms with Gasteiger partial charge in [-0.3, -0.25) is 0 Å². The summed E-state index contributed by atoms with van der Waals surface area (Å²) in [7, 11) is 0. The molecule has 3 rings (SSSR count). The molecule has 20 heavy (non-hydrogen) atoms. The van der Waals surface area contributed by atoms with E-state index in [1.165, 1.54) is 32.1 Å². The van der Waals surface area contributed by atoms with Gasteiger partial charge in [0.05, 0.1) is 0 Å². The molecule has 0 amide bonds. The van der Waals surface area contributed by atoms with Crippen LogP contribution in [0.15, 0.2) is 23.3 Å². The van der Waals surface area contributed by atoms with Crippen molar-refractivity contribution < 1.29 is 0 Å². The second kappa shape index (κ2) is 5.04. The van der Waals surface area contributed by atoms with Crippen LogP contribution in [-0.4, -0.2) is 0 Å². The van der Waals surface area contributed by atoms with E-state index < -0.39 is 0 Å². The standard InChI is InChI=1S/C20H32/c1-13(2)16-6-9-19-17(11-16)7-8-18-15(4)10-14(3)12-20(18,19)5/h7,11,13-15,18-19H,6,8-10,12H2,1-5H3/t14?,15-,18-,19-,20-/m0/s1. The molecule has 0 radical (unpaired) electrons. The van der Waals surface area contributed by atoms with Gasteiger partial charge in [0.2, 0.25) is 0 Å². The maximum Gasteiger partial charge on any atom is -0.0105 e. The lowest BCUT2D eigenvalue weighted by Crippen LogP contribution is -2.47. The topological polar surface area (TPSA) is 0 Å². The van der Waals surface area contributed by atoms with Crippen LogP contribution in [0.1, 0.15) is 66.7 Å². The average Bonchev–Trinajstić information content (AvgIpc) is 2.36. The van der Waals surface area contributed by atoms with Crippen molar-refractivity contribution in [2.75, 3.05) is 0 Å². The lowest BCUT2D eigenvalue weighted by Gasteiger charge is -2.55. The van der Waals surface area contributed by atoms with Gasteiger partial charge in [0.15, 0.2) is 0 Å². The quantitative estimate of drug-likeness (QED) is 0.549. The number of fused-ring (bicyclic) bond motifs is 3. The smallest absolute Gasteiger partial charge is 0.0105 e. The van der Waals surface area contributed by atoms with Crippen LogP contribution in [0.2, 0.25) is 0 Å². The maximum atomic E-state index is 2.62. The zero-order valence-electron chi connectivity index (χ0n) is 14.1. The van der Waals surface area contributed by atoms with Crippen LogP contribution >= 0.6 is 0 Å². The van der Waals surface area contributed by atoms with Gasteiger partial charge in [-0.15, -0.1) is 0 Å². The van der Waals surface area contributed by atoms with Crippen molar-refractivity contribution in [1.82, 2.24) is 0 Å². The van der Waals surface area contributed by atoms with Gasteiger partial charge in [-0.05, 0) is 72.7 Å². The molecular weight excluding hydrogens is 240 g/mol. The van der Waals surface area contributed by atoms with Crippen LogP contribution in [0.3, 0.4) is 0 Å². The summed E-state index contributed by atoms with van der Waals surface area (Å²) in [4.78, 5) is 0. The third-order valence-electron chi connectivity index (χ3n) is 6.72. The fourth-order valence-electron chi connectivity index (χ4n) is 5.83. The SMILES string of the molecule is CC1C[C@H](C)[C@@H]2CC=C3C=C(C(C)C)CC[C@@H]3[C@@]2(C)C1. The lowest BCUT2D eigenvalue weighted by atomic mass is 9.49. The largest absolute Gasteiger partial charge is 0.0807 e. The third kappa shape index (κ3) is 2.20. The van der Waals surface area contributed by atoms with Crippen molar-refractivity contribution in [3.8, 4) is 0 Å². The van der Waals surface area contributed by atoms with Crippen LogP contribution in [0.4, 0.5) is 0 Å². The molecule has 0 bridgehead atoms. The Morgan fingerprint density at radius 2 is 2.00 bits per heavy atom. The molecule has 0 nitrogen and oxygen atoms in total. The Kier molecular flexibility index (Phi) is 3.63. The molecule has 0 aliphatic heterocycles. The second-order valence-electron chi connectivity index (χ2n) is 8.54. The maximum absolute atomic E-state index is 2.62. The molecule has 3 aliphatic rings. The summed E-state index contributed by atoms with van der Waals surface area (Å²) in [6.45, 7) is 12.3. The van der Waals surface area contributed by atoms with Crippen molar-refractivity contribution in [2.24, 2.45) is 35.0 Å². The highest BCUT2D eigenvalue weighted by molar-refractivity contribution is 5.35. The van der Waals surface area contributed by atoms with Gasteiger partial charge in [-0.25, -0.2) is 0 Å². The minimum atomic E-state index is 0.570. The van der Waals surface area contributed by atoms with Crippen LogP contribution in [0.5, 0.6) is 0 Å². The predicted octanol–water partition coefficient (Wildman–Crippen LogP) is 6.00. The Balaban J connectivity index is 1.94. The summed E-state index contributed by atoms with van der Waals surface area (Å²) in [6, 6.07) is 0. The Morgan fingerprint density at radius 1 is 1.25 bits per heavy atom. The monoisotopic (exact) mass is 272 g/mol. The fourth-order valence-corrected chi connectivity index (χ4v) is 5.83. The van der Waals surface area contributed by atoms with E-state index in [0.717, 1.165) is 29.6 Å². The summed E-state index contributed by atoms with van der Waals surface area (Å²) in [5.41, 5.74) is 3.95. The zero-order chi connectivity index (χ0) is 14.5. The first-order valence-corrected chi connectivity index (χ1v) is 8.82. The van der Waals surface area contributed by atoms with E-state index in [1.807, 2.05) is 0 Å². The van der Waals surface area contributed by atoms with Crippen LogP contribution < -0.4 is 0 Å². The average molecular weight is 272 g/mol.